The van der Waals surface area contributed by atoms with E-state index in [0.29, 0.717) is 6.54 Å². The summed E-state index contributed by atoms with van der Waals surface area (Å²) >= 11 is 7.67. The first-order chi connectivity index (χ1) is 9.82. The normalized spacial score (nSPS) is 21.2. The zero-order valence-electron chi connectivity index (χ0n) is 11.5. The lowest BCUT2D eigenvalue weighted by molar-refractivity contribution is -0.384. The Morgan fingerprint density at radius 2 is 2.33 bits per heavy atom. The Labute approximate surface area is 131 Å². The Morgan fingerprint density at radius 1 is 1.62 bits per heavy atom. The SMILES string of the molecule is CC1(CNC(=O)c2cc([N+](=O)[O-])cc(Cl)c2N)CCCS1. The number of halogens is 1. The van der Waals surface area contributed by atoms with Crippen LogP contribution >= 0.6 is 23.4 Å². The van der Waals surface area contributed by atoms with Crippen LogP contribution in [0, 0.1) is 10.1 Å². The number of non-ortho nitro benzene ring substituents is 1. The van der Waals surface area contributed by atoms with E-state index in [0.717, 1.165) is 30.7 Å². The standard InChI is InChI=1S/C13H16ClN3O3S/c1-13(3-2-4-21-13)7-16-12(18)9-5-8(17(19)20)6-10(14)11(9)15/h5-6H,2-4,7,15H2,1H3,(H,16,18). The maximum atomic E-state index is 12.2. The summed E-state index contributed by atoms with van der Waals surface area (Å²) in [7, 11) is 0. The fourth-order valence-electron chi connectivity index (χ4n) is 2.24. The number of nitro groups is 1. The average Bonchev–Trinajstić information content (AvgIpc) is 2.86. The quantitative estimate of drug-likeness (QED) is 0.503. The number of benzene rings is 1. The number of hydrogen-bond donors (Lipinski definition) is 2. The minimum Gasteiger partial charge on any atom is -0.397 e. The van der Waals surface area contributed by atoms with Crippen molar-refractivity contribution >= 4 is 40.6 Å². The van der Waals surface area contributed by atoms with Crippen molar-refractivity contribution in [2.45, 2.75) is 24.5 Å². The molecule has 1 amide bonds. The third-order valence-corrected chi connectivity index (χ3v) is 5.34. The van der Waals surface area contributed by atoms with Crippen LogP contribution in [-0.4, -0.2) is 27.9 Å². The van der Waals surface area contributed by atoms with Gasteiger partial charge in [-0.25, -0.2) is 0 Å². The lowest BCUT2D eigenvalue weighted by Crippen LogP contribution is -2.37. The summed E-state index contributed by atoms with van der Waals surface area (Å²) < 4.78 is 0.00886. The second kappa shape index (κ2) is 6.11. The molecule has 0 aliphatic carbocycles. The molecule has 1 aliphatic heterocycles. The summed E-state index contributed by atoms with van der Waals surface area (Å²) in [5.74, 6) is 0.642. The fourth-order valence-corrected chi connectivity index (χ4v) is 3.69. The average molecular weight is 330 g/mol. The molecule has 1 unspecified atom stereocenters. The molecule has 1 aromatic rings. The first-order valence-corrected chi connectivity index (χ1v) is 7.84. The number of carbonyl (C=O) groups is 1. The number of rotatable bonds is 4. The zero-order chi connectivity index (χ0) is 15.6. The molecule has 6 nitrogen and oxygen atoms in total. The lowest BCUT2D eigenvalue weighted by atomic mass is 10.1. The predicted molar refractivity (Wildman–Crippen MR) is 84.9 cm³/mol. The summed E-state index contributed by atoms with van der Waals surface area (Å²) in [4.78, 5) is 22.4. The lowest BCUT2D eigenvalue weighted by Gasteiger charge is -2.23. The van der Waals surface area contributed by atoms with Crippen LogP contribution in [0.25, 0.3) is 0 Å². The van der Waals surface area contributed by atoms with Crippen LogP contribution in [0.2, 0.25) is 5.02 Å². The Balaban J connectivity index is 2.16. The van der Waals surface area contributed by atoms with Crippen LogP contribution in [-0.2, 0) is 0 Å². The van der Waals surface area contributed by atoms with Gasteiger partial charge in [0, 0.05) is 23.4 Å². The summed E-state index contributed by atoms with van der Waals surface area (Å²) in [6, 6.07) is 2.29. The van der Waals surface area contributed by atoms with Crippen LogP contribution < -0.4 is 11.1 Å². The molecular weight excluding hydrogens is 314 g/mol. The van der Waals surface area contributed by atoms with Crippen LogP contribution in [0.3, 0.4) is 0 Å². The van der Waals surface area contributed by atoms with Crippen molar-refractivity contribution in [3.63, 3.8) is 0 Å². The number of nitrogens with two attached hydrogens (primary N) is 1. The molecule has 1 saturated heterocycles. The summed E-state index contributed by atoms with van der Waals surface area (Å²) in [6.45, 7) is 2.59. The second-order valence-corrected chi connectivity index (χ2v) is 7.32. The first kappa shape index (κ1) is 15.9. The van der Waals surface area contributed by atoms with Gasteiger partial charge in [-0.05, 0) is 25.5 Å². The van der Waals surface area contributed by atoms with E-state index >= 15 is 0 Å². The molecule has 2 rings (SSSR count). The number of nitrogens with one attached hydrogen (secondary N) is 1. The molecular formula is C13H16ClN3O3S. The van der Waals surface area contributed by atoms with Crippen molar-refractivity contribution in [3.05, 3.63) is 32.8 Å². The van der Waals surface area contributed by atoms with Gasteiger partial charge >= 0.3 is 0 Å². The molecule has 1 fully saturated rings. The Bertz CT molecular complexity index is 588. The minimum absolute atomic E-state index is 0.00886. The number of hydrogen-bond acceptors (Lipinski definition) is 5. The van der Waals surface area contributed by atoms with E-state index in [-0.39, 0.29) is 26.7 Å². The third kappa shape index (κ3) is 3.59. The zero-order valence-corrected chi connectivity index (χ0v) is 13.1. The van der Waals surface area contributed by atoms with Crippen molar-refractivity contribution in [1.82, 2.24) is 5.32 Å². The highest BCUT2D eigenvalue weighted by Crippen LogP contribution is 2.37. The number of nitrogen functional groups attached to an aromatic ring is 1. The largest absolute Gasteiger partial charge is 0.397 e. The molecule has 0 saturated carbocycles. The summed E-state index contributed by atoms with van der Waals surface area (Å²) in [5, 5.41) is 13.6. The van der Waals surface area contributed by atoms with E-state index < -0.39 is 10.8 Å². The molecule has 0 aromatic heterocycles. The molecule has 3 N–H and O–H groups in total. The van der Waals surface area contributed by atoms with E-state index in [1.54, 1.807) is 0 Å². The molecule has 1 aliphatic rings. The molecule has 0 spiro atoms. The van der Waals surface area contributed by atoms with Crippen molar-refractivity contribution in [2.24, 2.45) is 0 Å². The predicted octanol–water partition coefficient (Wildman–Crippen LogP) is 2.85. The molecule has 1 aromatic carbocycles. The highest BCUT2D eigenvalue weighted by Gasteiger charge is 2.30. The van der Waals surface area contributed by atoms with Gasteiger partial charge in [0.2, 0.25) is 0 Å². The molecule has 1 atom stereocenters. The second-order valence-electron chi connectivity index (χ2n) is 5.23. The van der Waals surface area contributed by atoms with Gasteiger partial charge in [-0.1, -0.05) is 11.6 Å². The smallest absolute Gasteiger partial charge is 0.271 e. The third-order valence-electron chi connectivity index (χ3n) is 3.49. The van der Waals surface area contributed by atoms with Gasteiger partial charge in [-0.2, -0.15) is 11.8 Å². The summed E-state index contributed by atoms with van der Waals surface area (Å²) in [6.07, 6.45) is 2.16. The number of carbonyl (C=O) groups excluding carboxylic acids is 1. The Kier molecular flexibility index (Phi) is 4.63. The van der Waals surface area contributed by atoms with Gasteiger partial charge in [-0.3, -0.25) is 14.9 Å². The van der Waals surface area contributed by atoms with Crippen molar-refractivity contribution in [2.75, 3.05) is 18.0 Å². The number of amides is 1. The van der Waals surface area contributed by atoms with E-state index in [9.17, 15) is 14.9 Å². The van der Waals surface area contributed by atoms with E-state index in [1.807, 2.05) is 11.8 Å². The van der Waals surface area contributed by atoms with Crippen molar-refractivity contribution in [3.8, 4) is 0 Å². The number of nitro benzene ring substituents is 1. The fraction of sp³-hybridized carbons (Fsp3) is 0.462. The van der Waals surface area contributed by atoms with Crippen molar-refractivity contribution < 1.29 is 9.72 Å². The van der Waals surface area contributed by atoms with Gasteiger partial charge in [0.15, 0.2) is 0 Å². The molecule has 114 valence electrons. The summed E-state index contributed by atoms with van der Waals surface area (Å²) in [5.41, 5.74) is 5.60. The first-order valence-electron chi connectivity index (χ1n) is 6.48. The molecule has 0 bridgehead atoms. The topological polar surface area (TPSA) is 98.3 Å². The maximum absolute atomic E-state index is 12.2. The molecule has 1 heterocycles. The number of anilines is 1. The van der Waals surface area contributed by atoms with Crippen LogP contribution in [0.1, 0.15) is 30.1 Å². The molecule has 0 radical (unpaired) electrons. The Hall–Kier alpha value is -1.47. The van der Waals surface area contributed by atoms with E-state index in [1.165, 1.54) is 0 Å². The Morgan fingerprint density at radius 3 is 2.90 bits per heavy atom. The highest BCUT2D eigenvalue weighted by molar-refractivity contribution is 8.00. The maximum Gasteiger partial charge on any atom is 0.271 e. The van der Waals surface area contributed by atoms with E-state index in [2.05, 4.69) is 12.2 Å². The number of thioether (sulfide) groups is 1. The monoisotopic (exact) mass is 329 g/mol. The molecule has 21 heavy (non-hydrogen) atoms. The van der Waals surface area contributed by atoms with Crippen LogP contribution in [0.15, 0.2) is 12.1 Å². The van der Waals surface area contributed by atoms with Crippen molar-refractivity contribution in [1.29, 1.82) is 0 Å². The van der Waals surface area contributed by atoms with E-state index in [4.69, 9.17) is 17.3 Å². The van der Waals surface area contributed by atoms with Gasteiger partial charge in [0.05, 0.1) is 21.2 Å². The van der Waals surface area contributed by atoms with Gasteiger partial charge < -0.3 is 11.1 Å². The van der Waals surface area contributed by atoms with Crippen LogP contribution in [0.5, 0.6) is 0 Å². The van der Waals surface area contributed by atoms with Gasteiger partial charge in [0.25, 0.3) is 11.6 Å². The number of nitrogens with zero attached hydrogens (tertiary/aromatic N) is 1. The van der Waals surface area contributed by atoms with Gasteiger partial charge in [-0.15, -0.1) is 0 Å². The van der Waals surface area contributed by atoms with Gasteiger partial charge in [0.1, 0.15) is 0 Å². The minimum atomic E-state index is -0.601. The van der Waals surface area contributed by atoms with Crippen LogP contribution in [0.4, 0.5) is 11.4 Å². The molecule has 8 heteroatoms. The highest BCUT2D eigenvalue weighted by atomic mass is 35.5.